The summed E-state index contributed by atoms with van der Waals surface area (Å²) in [6.07, 6.45) is 0.107. The molecular weight excluding hydrogens is 224 g/mol. The smallest absolute Gasteiger partial charge is 0.237 e. The first-order valence-corrected chi connectivity index (χ1v) is 6.30. The lowest BCUT2D eigenvalue weighted by Crippen LogP contribution is -2.41. The molecule has 0 aromatic carbocycles. The quantitative estimate of drug-likeness (QED) is 0.727. The van der Waals surface area contributed by atoms with E-state index >= 15 is 0 Å². The number of hydrogen-bond donors (Lipinski definition) is 3. The lowest BCUT2D eigenvalue weighted by atomic mass is 10.1. The molecule has 1 aromatic heterocycles. The van der Waals surface area contributed by atoms with Crippen molar-refractivity contribution in [3.63, 3.8) is 0 Å². The fraction of sp³-hybridized carbons (Fsp3) is 0.545. The molecule has 1 amide bonds. The van der Waals surface area contributed by atoms with Crippen LogP contribution in [0.3, 0.4) is 0 Å². The highest BCUT2D eigenvalue weighted by Gasteiger charge is 2.28. The summed E-state index contributed by atoms with van der Waals surface area (Å²) in [6, 6.07) is 3.76. The van der Waals surface area contributed by atoms with E-state index in [0.717, 1.165) is 4.88 Å². The molecule has 88 valence electrons. The first kappa shape index (κ1) is 11.6. The van der Waals surface area contributed by atoms with Crippen LogP contribution in [0.4, 0.5) is 0 Å². The Morgan fingerprint density at radius 2 is 2.56 bits per heavy atom. The fourth-order valence-corrected chi connectivity index (χ4v) is 2.57. The van der Waals surface area contributed by atoms with Gasteiger partial charge in [0.05, 0.1) is 18.2 Å². The minimum Gasteiger partial charge on any atom is -0.392 e. The molecule has 3 atom stereocenters. The minimum atomic E-state index is -0.396. The van der Waals surface area contributed by atoms with Crippen molar-refractivity contribution in [3.05, 3.63) is 22.4 Å². The molecule has 0 aliphatic carbocycles. The van der Waals surface area contributed by atoms with E-state index < -0.39 is 6.10 Å². The van der Waals surface area contributed by atoms with Crippen molar-refractivity contribution in [2.75, 3.05) is 6.54 Å². The van der Waals surface area contributed by atoms with Crippen molar-refractivity contribution in [1.82, 2.24) is 10.6 Å². The largest absolute Gasteiger partial charge is 0.392 e. The number of carbonyl (C=O) groups excluding carboxylic acids is 1. The molecule has 16 heavy (non-hydrogen) atoms. The normalized spacial score (nSPS) is 26.6. The molecule has 0 radical (unpaired) electrons. The number of carbonyl (C=O) groups is 1. The number of amides is 1. The molecule has 2 rings (SSSR count). The Morgan fingerprint density at radius 1 is 1.75 bits per heavy atom. The zero-order valence-corrected chi connectivity index (χ0v) is 9.96. The zero-order valence-electron chi connectivity index (χ0n) is 9.14. The number of rotatable bonds is 3. The van der Waals surface area contributed by atoms with Gasteiger partial charge in [-0.15, -0.1) is 11.3 Å². The van der Waals surface area contributed by atoms with E-state index in [-0.39, 0.29) is 18.0 Å². The summed E-state index contributed by atoms with van der Waals surface area (Å²) in [5.41, 5.74) is 0. The summed E-state index contributed by atoms with van der Waals surface area (Å²) in [4.78, 5) is 13.0. The SMILES string of the molecule is CC(NC(=O)C1CC(O)CN1)c1cccs1. The van der Waals surface area contributed by atoms with Crippen molar-refractivity contribution < 1.29 is 9.90 Å². The predicted octanol–water partition coefficient (Wildman–Crippen LogP) is 0.648. The van der Waals surface area contributed by atoms with Crippen molar-refractivity contribution in [1.29, 1.82) is 0 Å². The van der Waals surface area contributed by atoms with Gasteiger partial charge in [-0.25, -0.2) is 0 Å². The maximum absolute atomic E-state index is 11.8. The van der Waals surface area contributed by atoms with Gasteiger partial charge in [-0.05, 0) is 24.8 Å². The van der Waals surface area contributed by atoms with Crippen LogP contribution in [0.15, 0.2) is 17.5 Å². The van der Waals surface area contributed by atoms with E-state index in [1.807, 2.05) is 24.4 Å². The Hall–Kier alpha value is -0.910. The predicted molar refractivity (Wildman–Crippen MR) is 63.3 cm³/mol. The summed E-state index contributed by atoms with van der Waals surface area (Å²) in [5.74, 6) is -0.0301. The summed E-state index contributed by atoms with van der Waals surface area (Å²) in [6.45, 7) is 2.47. The van der Waals surface area contributed by atoms with Crippen molar-refractivity contribution >= 4 is 17.2 Å². The van der Waals surface area contributed by atoms with Crippen molar-refractivity contribution in [2.24, 2.45) is 0 Å². The number of aliphatic hydroxyl groups is 1. The molecule has 1 fully saturated rings. The number of thiophene rings is 1. The second kappa shape index (κ2) is 4.95. The molecule has 0 saturated carbocycles. The van der Waals surface area contributed by atoms with Gasteiger partial charge in [-0.3, -0.25) is 4.79 Å². The molecule has 5 heteroatoms. The van der Waals surface area contributed by atoms with Crippen molar-refractivity contribution in [2.45, 2.75) is 31.5 Å². The summed E-state index contributed by atoms with van der Waals surface area (Å²) >= 11 is 1.63. The Labute approximate surface area is 98.7 Å². The second-order valence-electron chi connectivity index (χ2n) is 4.10. The Bertz CT molecular complexity index is 353. The third-order valence-corrected chi connectivity index (χ3v) is 3.81. The summed E-state index contributed by atoms with van der Waals surface area (Å²) in [5, 5.41) is 17.3. The van der Waals surface area contributed by atoms with Gasteiger partial charge < -0.3 is 15.7 Å². The van der Waals surface area contributed by atoms with Crippen molar-refractivity contribution in [3.8, 4) is 0 Å². The van der Waals surface area contributed by atoms with Gasteiger partial charge in [0.15, 0.2) is 0 Å². The first-order valence-electron chi connectivity index (χ1n) is 5.42. The van der Waals surface area contributed by atoms with Gasteiger partial charge in [-0.1, -0.05) is 6.07 Å². The second-order valence-corrected chi connectivity index (χ2v) is 5.08. The van der Waals surface area contributed by atoms with Crippen LogP contribution < -0.4 is 10.6 Å². The zero-order chi connectivity index (χ0) is 11.5. The summed E-state index contributed by atoms with van der Waals surface area (Å²) in [7, 11) is 0. The topological polar surface area (TPSA) is 61.4 Å². The van der Waals surface area contributed by atoms with E-state index in [2.05, 4.69) is 10.6 Å². The lowest BCUT2D eigenvalue weighted by Gasteiger charge is -2.15. The van der Waals surface area contributed by atoms with Crippen LogP contribution in [0.2, 0.25) is 0 Å². The van der Waals surface area contributed by atoms with Gasteiger partial charge in [0, 0.05) is 11.4 Å². The number of β-amino-alcohol motifs (C(OH)–C–C–N with tert-alkyl or cyclic N) is 1. The molecule has 1 aliphatic heterocycles. The first-order chi connectivity index (χ1) is 7.66. The van der Waals surface area contributed by atoms with Gasteiger partial charge in [0.2, 0.25) is 5.91 Å². The van der Waals surface area contributed by atoms with Crippen LogP contribution in [0, 0.1) is 0 Å². The van der Waals surface area contributed by atoms with Crippen LogP contribution in [0.5, 0.6) is 0 Å². The number of hydrogen-bond acceptors (Lipinski definition) is 4. The monoisotopic (exact) mass is 240 g/mol. The van der Waals surface area contributed by atoms with Crippen LogP contribution in [-0.2, 0) is 4.79 Å². The fourth-order valence-electron chi connectivity index (χ4n) is 1.84. The highest BCUT2D eigenvalue weighted by Crippen LogP contribution is 2.18. The molecule has 4 nitrogen and oxygen atoms in total. The van der Waals surface area contributed by atoms with E-state index in [1.165, 1.54) is 0 Å². The lowest BCUT2D eigenvalue weighted by molar-refractivity contribution is -0.123. The highest BCUT2D eigenvalue weighted by molar-refractivity contribution is 7.10. The van der Waals surface area contributed by atoms with Gasteiger partial charge in [0.1, 0.15) is 0 Å². The molecule has 2 heterocycles. The van der Waals surface area contributed by atoms with Crippen LogP contribution in [0.25, 0.3) is 0 Å². The third-order valence-electron chi connectivity index (χ3n) is 2.75. The maximum atomic E-state index is 11.8. The van der Waals surface area contributed by atoms with Crippen LogP contribution in [-0.4, -0.2) is 29.7 Å². The molecule has 1 saturated heterocycles. The number of nitrogens with one attached hydrogen (secondary N) is 2. The van der Waals surface area contributed by atoms with Crippen LogP contribution in [0.1, 0.15) is 24.3 Å². The summed E-state index contributed by atoms with van der Waals surface area (Å²) < 4.78 is 0. The Morgan fingerprint density at radius 3 is 3.12 bits per heavy atom. The van der Waals surface area contributed by atoms with E-state index in [9.17, 15) is 9.90 Å². The van der Waals surface area contributed by atoms with Crippen LogP contribution >= 0.6 is 11.3 Å². The maximum Gasteiger partial charge on any atom is 0.237 e. The van der Waals surface area contributed by atoms with Gasteiger partial charge in [-0.2, -0.15) is 0 Å². The van der Waals surface area contributed by atoms with Gasteiger partial charge in [0.25, 0.3) is 0 Å². The Balaban J connectivity index is 1.88. The molecular formula is C11H16N2O2S. The highest BCUT2D eigenvalue weighted by atomic mass is 32.1. The average Bonchev–Trinajstić information content (AvgIpc) is 2.87. The standard InChI is InChI=1S/C11H16N2O2S/c1-7(10-3-2-4-16-10)13-11(15)9-5-8(14)6-12-9/h2-4,7-9,12,14H,5-6H2,1H3,(H,13,15). The van der Waals surface area contributed by atoms with E-state index in [1.54, 1.807) is 11.3 Å². The number of aliphatic hydroxyl groups excluding tert-OH is 1. The molecule has 3 N–H and O–H groups in total. The molecule has 3 unspecified atom stereocenters. The van der Waals surface area contributed by atoms with E-state index in [0.29, 0.717) is 13.0 Å². The molecule has 0 spiro atoms. The van der Waals surface area contributed by atoms with E-state index in [4.69, 9.17) is 0 Å². The molecule has 0 bridgehead atoms. The minimum absolute atomic E-state index is 0.0301. The Kier molecular flexibility index (Phi) is 3.58. The third kappa shape index (κ3) is 2.61. The molecule has 1 aromatic rings. The average molecular weight is 240 g/mol. The van der Waals surface area contributed by atoms with Gasteiger partial charge >= 0.3 is 0 Å². The molecule has 1 aliphatic rings.